The maximum Gasteiger partial charge on any atom is 0.256 e. The van der Waals surface area contributed by atoms with Crippen LogP contribution in [-0.2, 0) is 13.0 Å². The van der Waals surface area contributed by atoms with Gasteiger partial charge in [-0.1, -0.05) is 0 Å². The molecule has 2 atom stereocenters. The number of quaternary nitrogens is 1. The maximum absolute atomic E-state index is 13.0. The van der Waals surface area contributed by atoms with Crippen molar-refractivity contribution in [3.8, 4) is 17.2 Å². The van der Waals surface area contributed by atoms with E-state index in [0.29, 0.717) is 23.3 Å². The molecule has 0 fully saturated rings. The minimum absolute atomic E-state index is 0.0250. The minimum atomic E-state index is -0.364. The molecule has 2 aliphatic heterocycles. The summed E-state index contributed by atoms with van der Waals surface area (Å²) in [7, 11) is 4.75. The highest BCUT2D eigenvalue weighted by Gasteiger charge is 2.35. The summed E-state index contributed by atoms with van der Waals surface area (Å²) in [4.78, 5) is 15.9. The second-order valence-electron chi connectivity index (χ2n) is 7.71. The number of rotatable bonds is 5. The number of nitrogens with one attached hydrogen (secondary N) is 3. The second kappa shape index (κ2) is 7.76. The van der Waals surface area contributed by atoms with Gasteiger partial charge in [0.2, 0.25) is 5.75 Å². The van der Waals surface area contributed by atoms with Gasteiger partial charge in [-0.2, -0.15) is 0 Å². The van der Waals surface area contributed by atoms with Crippen molar-refractivity contribution in [1.29, 1.82) is 0 Å². The zero-order valence-electron chi connectivity index (χ0n) is 17.5. The molecule has 1 aromatic heterocycles. The molecule has 4 rings (SSSR count). The van der Waals surface area contributed by atoms with Crippen LogP contribution in [0.15, 0.2) is 12.1 Å². The Balaban J connectivity index is 1.67. The Labute approximate surface area is 174 Å². The number of hydrogen-bond acceptors (Lipinski definition) is 6. The van der Waals surface area contributed by atoms with Gasteiger partial charge in [0.25, 0.3) is 5.91 Å². The Morgan fingerprint density at radius 2 is 1.79 bits per heavy atom. The molecule has 29 heavy (non-hydrogen) atoms. The van der Waals surface area contributed by atoms with E-state index in [1.807, 2.05) is 12.1 Å². The van der Waals surface area contributed by atoms with Gasteiger partial charge in [-0.25, -0.2) is 0 Å². The number of amides is 1. The van der Waals surface area contributed by atoms with E-state index in [-0.39, 0.29) is 12.1 Å². The number of methoxy groups -OCH3 is 3. The lowest BCUT2D eigenvalue weighted by Crippen LogP contribution is -3.14. The van der Waals surface area contributed by atoms with Gasteiger partial charge in [0, 0.05) is 12.0 Å². The molecule has 8 heteroatoms. The van der Waals surface area contributed by atoms with E-state index in [0.717, 1.165) is 35.6 Å². The summed E-state index contributed by atoms with van der Waals surface area (Å²) < 4.78 is 16.3. The van der Waals surface area contributed by atoms with Crippen LogP contribution in [0.4, 0.5) is 5.00 Å². The van der Waals surface area contributed by atoms with Gasteiger partial charge >= 0.3 is 0 Å². The van der Waals surface area contributed by atoms with Crippen LogP contribution >= 0.6 is 11.3 Å². The van der Waals surface area contributed by atoms with Gasteiger partial charge in [-0.15, -0.1) is 11.3 Å². The fourth-order valence-electron chi connectivity index (χ4n) is 4.14. The molecule has 1 amide bonds. The normalized spacial score (nSPS) is 20.4. The van der Waals surface area contributed by atoms with Gasteiger partial charge in [0.15, 0.2) is 11.5 Å². The lowest BCUT2D eigenvalue weighted by molar-refractivity contribution is -0.936. The van der Waals surface area contributed by atoms with Crippen molar-refractivity contribution >= 4 is 22.2 Å². The summed E-state index contributed by atoms with van der Waals surface area (Å²) in [5, 5.41) is 7.55. The Morgan fingerprint density at radius 1 is 1.10 bits per heavy atom. The van der Waals surface area contributed by atoms with Crippen molar-refractivity contribution in [2.24, 2.45) is 0 Å². The molecule has 0 saturated heterocycles. The van der Waals surface area contributed by atoms with Crippen LogP contribution in [0.3, 0.4) is 0 Å². The SMILES string of the molecule is COc1cc([C@@H]2NC(=O)c3c(sc4c3CC[NH+](C(C)C)C4)N2)cc(OC)c1OC. The zero-order valence-corrected chi connectivity index (χ0v) is 18.3. The molecule has 2 aliphatic rings. The third-order valence-electron chi connectivity index (χ3n) is 5.79. The first kappa shape index (κ1) is 19.8. The van der Waals surface area contributed by atoms with Gasteiger partial charge < -0.3 is 29.7 Å². The second-order valence-corrected chi connectivity index (χ2v) is 8.81. The van der Waals surface area contributed by atoms with E-state index in [1.165, 1.54) is 10.4 Å². The summed E-state index contributed by atoms with van der Waals surface area (Å²) in [6.07, 6.45) is 0.580. The number of hydrogen-bond donors (Lipinski definition) is 3. The zero-order chi connectivity index (χ0) is 20.7. The van der Waals surface area contributed by atoms with Crippen molar-refractivity contribution in [3.05, 3.63) is 33.7 Å². The number of carbonyl (C=O) groups is 1. The molecular formula is C21H28N3O4S+. The highest BCUT2D eigenvalue weighted by atomic mass is 32.1. The Morgan fingerprint density at radius 3 is 2.38 bits per heavy atom. The monoisotopic (exact) mass is 418 g/mol. The maximum atomic E-state index is 13.0. The number of benzene rings is 1. The Kier molecular flexibility index (Phi) is 5.31. The molecule has 0 radical (unpaired) electrons. The van der Waals surface area contributed by atoms with Crippen molar-refractivity contribution in [2.45, 2.75) is 39.0 Å². The number of carbonyl (C=O) groups excluding carboxylic acids is 1. The largest absolute Gasteiger partial charge is 0.493 e. The molecule has 0 saturated carbocycles. The first-order valence-corrected chi connectivity index (χ1v) is 10.6. The quantitative estimate of drug-likeness (QED) is 0.693. The highest BCUT2D eigenvalue weighted by molar-refractivity contribution is 7.16. The van der Waals surface area contributed by atoms with Crippen LogP contribution in [0.5, 0.6) is 17.2 Å². The molecule has 1 aromatic carbocycles. The fourth-order valence-corrected chi connectivity index (χ4v) is 5.47. The van der Waals surface area contributed by atoms with Crippen molar-refractivity contribution in [3.63, 3.8) is 0 Å². The van der Waals surface area contributed by atoms with E-state index >= 15 is 0 Å². The lowest BCUT2D eigenvalue weighted by Gasteiger charge is -2.29. The van der Waals surface area contributed by atoms with Gasteiger partial charge in [-0.05, 0) is 31.5 Å². The van der Waals surface area contributed by atoms with Crippen LogP contribution in [0, 0.1) is 0 Å². The molecule has 3 N–H and O–H groups in total. The van der Waals surface area contributed by atoms with Gasteiger partial charge in [0.05, 0.1) is 44.4 Å². The molecular weight excluding hydrogens is 390 g/mol. The van der Waals surface area contributed by atoms with Crippen molar-refractivity contribution < 1.29 is 23.9 Å². The molecule has 7 nitrogen and oxygen atoms in total. The molecule has 0 aliphatic carbocycles. The van der Waals surface area contributed by atoms with E-state index in [4.69, 9.17) is 14.2 Å². The Bertz CT molecular complexity index is 915. The number of thiophene rings is 1. The minimum Gasteiger partial charge on any atom is -0.493 e. The van der Waals surface area contributed by atoms with E-state index in [9.17, 15) is 4.79 Å². The summed E-state index contributed by atoms with van der Waals surface area (Å²) in [6.45, 7) is 6.55. The van der Waals surface area contributed by atoms with Crippen molar-refractivity contribution in [2.75, 3.05) is 33.2 Å². The smallest absolute Gasteiger partial charge is 0.256 e. The van der Waals surface area contributed by atoms with Crippen LogP contribution in [0.25, 0.3) is 0 Å². The molecule has 0 bridgehead atoms. The topological polar surface area (TPSA) is 73.3 Å². The lowest BCUT2D eigenvalue weighted by atomic mass is 9.99. The number of ether oxygens (including phenoxy) is 3. The number of anilines is 1. The third-order valence-corrected chi connectivity index (χ3v) is 6.95. The summed E-state index contributed by atoms with van der Waals surface area (Å²) in [6, 6.07) is 4.31. The van der Waals surface area contributed by atoms with Crippen LogP contribution in [0.1, 0.15) is 46.4 Å². The first-order valence-electron chi connectivity index (χ1n) is 9.83. The Hall–Kier alpha value is -2.45. The molecule has 1 unspecified atom stereocenters. The van der Waals surface area contributed by atoms with Crippen LogP contribution in [-0.4, -0.2) is 39.8 Å². The number of fused-ring (bicyclic) bond motifs is 3. The molecule has 3 heterocycles. The van der Waals surface area contributed by atoms with Crippen LogP contribution < -0.4 is 29.7 Å². The fraction of sp³-hybridized carbons (Fsp3) is 0.476. The molecule has 156 valence electrons. The van der Waals surface area contributed by atoms with E-state index in [2.05, 4.69) is 24.5 Å². The van der Waals surface area contributed by atoms with E-state index in [1.54, 1.807) is 37.6 Å². The summed E-state index contributed by atoms with van der Waals surface area (Å²) >= 11 is 1.71. The van der Waals surface area contributed by atoms with Crippen molar-refractivity contribution in [1.82, 2.24) is 5.32 Å². The highest BCUT2D eigenvalue weighted by Crippen LogP contribution is 2.43. The van der Waals surface area contributed by atoms with E-state index < -0.39 is 0 Å². The standard InChI is InChI=1S/C21H27N3O4S/c1-11(2)24-7-6-13-16(10-24)29-21-17(13)20(25)22-19(23-21)12-8-14(26-3)18(28-5)15(9-12)27-4/h8-9,11,19,23H,6-7,10H2,1-5H3,(H,22,25)/p+1/t19-/m1/s1. The van der Waals surface area contributed by atoms with Gasteiger partial charge in [-0.3, -0.25) is 4.79 Å². The molecule has 2 aromatic rings. The summed E-state index contributed by atoms with van der Waals surface area (Å²) in [5.41, 5.74) is 2.87. The predicted octanol–water partition coefficient (Wildman–Crippen LogP) is 1.98. The summed E-state index contributed by atoms with van der Waals surface area (Å²) in [5.74, 6) is 1.63. The third kappa shape index (κ3) is 3.40. The first-order chi connectivity index (χ1) is 14.0. The molecule has 0 spiro atoms. The predicted molar refractivity (Wildman–Crippen MR) is 113 cm³/mol. The van der Waals surface area contributed by atoms with Gasteiger partial charge in [0.1, 0.15) is 17.7 Å². The average Bonchev–Trinajstić information content (AvgIpc) is 3.10. The average molecular weight is 419 g/mol. The van der Waals surface area contributed by atoms with Crippen LogP contribution in [0.2, 0.25) is 0 Å².